The number of para-hydroxylation sites is 1. The SMILES string of the molecule is Cc1ccc(-c2c3c(nn2-c2ccc(S(=O)(=O)NC(=O)Nc4ccccc4)cc2)-c2ccccc2C3)cc1. The number of amides is 2. The Balaban J connectivity index is 1.34. The summed E-state index contributed by atoms with van der Waals surface area (Å²) in [5.74, 6) is 0. The highest BCUT2D eigenvalue weighted by Gasteiger charge is 2.28. The average molecular weight is 521 g/mol. The number of anilines is 1. The summed E-state index contributed by atoms with van der Waals surface area (Å²) in [6, 6.07) is 30.8. The van der Waals surface area contributed by atoms with Crippen molar-refractivity contribution in [3.05, 3.63) is 120 Å². The van der Waals surface area contributed by atoms with Crippen molar-refractivity contribution in [1.29, 1.82) is 0 Å². The molecule has 6 rings (SSSR count). The van der Waals surface area contributed by atoms with Crippen molar-refractivity contribution < 1.29 is 13.2 Å². The minimum Gasteiger partial charge on any atom is -0.307 e. The van der Waals surface area contributed by atoms with Gasteiger partial charge in [0.2, 0.25) is 0 Å². The molecule has 0 bridgehead atoms. The van der Waals surface area contributed by atoms with E-state index >= 15 is 0 Å². The zero-order valence-electron chi connectivity index (χ0n) is 20.5. The third kappa shape index (κ3) is 4.35. The molecule has 38 heavy (non-hydrogen) atoms. The normalized spacial score (nSPS) is 12.0. The zero-order chi connectivity index (χ0) is 26.3. The molecule has 5 aromatic rings. The summed E-state index contributed by atoms with van der Waals surface area (Å²) < 4.78 is 29.7. The highest BCUT2D eigenvalue weighted by Crippen LogP contribution is 2.42. The minimum atomic E-state index is -4.07. The van der Waals surface area contributed by atoms with Gasteiger partial charge in [-0.3, -0.25) is 0 Å². The molecule has 2 N–H and O–H groups in total. The maximum absolute atomic E-state index is 12.9. The predicted octanol–water partition coefficient (Wildman–Crippen LogP) is 5.93. The molecule has 0 spiro atoms. The Morgan fingerprint density at radius 3 is 2.26 bits per heavy atom. The fourth-order valence-electron chi connectivity index (χ4n) is 4.75. The zero-order valence-corrected chi connectivity index (χ0v) is 21.4. The Bertz CT molecular complexity index is 1760. The van der Waals surface area contributed by atoms with Gasteiger partial charge in [-0.05, 0) is 48.9 Å². The van der Waals surface area contributed by atoms with Gasteiger partial charge in [-0.15, -0.1) is 0 Å². The standard InChI is InChI=1S/C30H24N4O3S/c1-20-11-13-21(14-12-20)29-27-19-22-7-5-6-10-26(22)28(27)32-34(29)24-15-17-25(18-16-24)38(36,37)33-30(35)31-23-8-3-2-4-9-23/h2-18H,19H2,1H3,(H2,31,33,35). The van der Waals surface area contributed by atoms with Gasteiger partial charge >= 0.3 is 6.03 Å². The van der Waals surface area contributed by atoms with E-state index < -0.39 is 16.1 Å². The summed E-state index contributed by atoms with van der Waals surface area (Å²) in [7, 11) is -4.07. The van der Waals surface area contributed by atoms with Gasteiger partial charge in [0, 0.05) is 28.8 Å². The fourth-order valence-corrected chi connectivity index (χ4v) is 5.66. The van der Waals surface area contributed by atoms with Crippen molar-refractivity contribution in [3.8, 4) is 28.2 Å². The second-order valence-electron chi connectivity index (χ2n) is 9.21. The third-order valence-corrected chi connectivity index (χ3v) is 7.95. The molecule has 1 heterocycles. The van der Waals surface area contributed by atoms with E-state index in [1.807, 2.05) is 16.8 Å². The minimum absolute atomic E-state index is 0.0219. The first-order chi connectivity index (χ1) is 18.4. The number of nitrogens with one attached hydrogen (secondary N) is 2. The van der Waals surface area contributed by atoms with Gasteiger partial charge in [0.05, 0.1) is 22.0 Å². The van der Waals surface area contributed by atoms with Gasteiger partial charge in [0.15, 0.2) is 0 Å². The van der Waals surface area contributed by atoms with Crippen LogP contribution in [0.1, 0.15) is 16.7 Å². The molecule has 7 nitrogen and oxygen atoms in total. The smallest absolute Gasteiger partial charge is 0.307 e. The van der Waals surface area contributed by atoms with E-state index in [4.69, 9.17) is 5.10 Å². The number of hydrogen-bond donors (Lipinski definition) is 2. The number of benzene rings is 4. The van der Waals surface area contributed by atoms with Crippen molar-refractivity contribution in [3.63, 3.8) is 0 Å². The number of urea groups is 1. The second-order valence-corrected chi connectivity index (χ2v) is 10.9. The lowest BCUT2D eigenvalue weighted by atomic mass is 10.0. The molecule has 0 atom stereocenters. The summed E-state index contributed by atoms with van der Waals surface area (Å²) in [5, 5.41) is 7.50. The first-order valence-electron chi connectivity index (χ1n) is 12.2. The van der Waals surface area contributed by atoms with Crippen LogP contribution in [0.2, 0.25) is 0 Å². The molecule has 2 amide bonds. The Morgan fingerprint density at radius 2 is 1.53 bits per heavy atom. The number of nitrogens with zero attached hydrogens (tertiary/aromatic N) is 2. The summed E-state index contributed by atoms with van der Waals surface area (Å²) in [6.45, 7) is 2.05. The van der Waals surface area contributed by atoms with Gasteiger partial charge in [-0.2, -0.15) is 5.10 Å². The molecule has 0 radical (unpaired) electrons. The van der Waals surface area contributed by atoms with Gasteiger partial charge in [0.25, 0.3) is 10.0 Å². The largest absolute Gasteiger partial charge is 0.333 e. The lowest BCUT2D eigenvalue weighted by Gasteiger charge is -2.12. The van der Waals surface area contributed by atoms with E-state index in [1.54, 1.807) is 42.5 Å². The first kappa shape index (κ1) is 23.7. The number of sulfonamides is 1. The Hall–Kier alpha value is -4.69. The first-order valence-corrected chi connectivity index (χ1v) is 13.6. The Morgan fingerprint density at radius 1 is 0.842 bits per heavy atom. The van der Waals surface area contributed by atoms with Crippen LogP contribution >= 0.6 is 0 Å². The number of carbonyl (C=O) groups is 1. The molecule has 0 saturated heterocycles. The predicted molar refractivity (Wildman–Crippen MR) is 148 cm³/mol. The topological polar surface area (TPSA) is 93.1 Å². The van der Waals surface area contributed by atoms with Crippen LogP contribution in [-0.2, 0) is 16.4 Å². The van der Waals surface area contributed by atoms with Crippen molar-refractivity contribution in [2.24, 2.45) is 0 Å². The molecule has 0 unspecified atom stereocenters. The molecule has 188 valence electrons. The molecular weight excluding hydrogens is 496 g/mol. The molecule has 4 aromatic carbocycles. The van der Waals surface area contributed by atoms with Crippen LogP contribution in [0.5, 0.6) is 0 Å². The lowest BCUT2D eigenvalue weighted by molar-refractivity contribution is 0.256. The van der Waals surface area contributed by atoms with E-state index in [-0.39, 0.29) is 4.90 Å². The quantitative estimate of drug-likeness (QED) is 0.295. The fraction of sp³-hybridized carbons (Fsp3) is 0.0667. The van der Waals surface area contributed by atoms with E-state index in [9.17, 15) is 13.2 Å². The number of carbonyl (C=O) groups excluding carboxylic acids is 1. The molecule has 1 aromatic heterocycles. The van der Waals surface area contributed by atoms with Crippen molar-refractivity contribution in [2.45, 2.75) is 18.2 Å². The molecule has 0 aliphatic heterocycles. The van der Waals surface area contributed by atoms with Gasteiger partial charge in [-0.25, -0.2) is 22.6 Å². The number of rotatable bonds is 5. The molecule has 1 aliphatic rings. The molecular formula is C30H24N4O3S. The molecule has 0 saturated carbocycles. The third-order valence-electron chi connectivity index (χ3n) is 6.60. The van der Waals surface area contributed by atoms with Crippen LogP contribution in [0.15, 0.2) is 108 Å². The monoisotopic (exact) mass is 520 g/mol. The number of hydrogen-bond acceptors (Lipinski definition) is 4. The number of aryl methyl sites for hydroxylation is 1. The molecule has 0 fully saturated rings. The van der Waals surface area contributed by atoms with Gasteiger partial charge < -0.3 is 5.32 Å². The summed E-state index contributed by atoms with van der Waals surface area (Å²) in [4.78, 5) is 12.3. The number of fused-ring (bicyclic) bond motifs is 3. The van der Waals surface area contributed by atoms with Gasteiger partial charge in [0.1, 0.15) is 0 Å². The van der Waals surface area contributed by atoms with Gasteiger partial charge in [-0.1, -0.05) is 72.3 Å². The van der Waals surface area contributed by atoms with E-state index in [2.05, 4.69) is 53.4 Å². The second kappa shape index (κ2) is 9.32. The van der Waals surface area contributed by atoms with Crippen LogP contribution in [-0.4, -0.2) is 24.2 Å². The Kier molecular flexibility index (Phi) is 5.81. The van der Waals surface area contributed by atoms with Crippen LogP contribution in [0.25, 0.3) is 28.2 Å². The highest BCUT2D eigenvalue weighted by atomic mass is 32.2. The summed E-state index contributed by atoms with van der Waals surface area (Å²) in [6.07, 6.45) is 0.779. The number of aromatic nitrogens is 2. The summed E-state index contributed by atoms with van der Waals surface area (Å²) >= 11 is 0. The van der Waals surface area contributed by atoms with Crippen LogP contribution in [0, 0.1) is 6.92 Å². The molecule has 1 aliphatic carbocycles. The maximum Gasteiger partial charge on any atom is 0.333 e. The van der Waals surface area contributed by atoms with E-state index in [0.29, 0.717) is 5.69 Å². The van der Waals surface area contributed by atoms with E-state index in [0.717, 1.165) is 45.7 Å². The lowest BCUT2D eigenvalue weighted by Crippen LogP contribution is -2.34. The maximum atomic E-state index is 12.9. The summed E-state index contributed by atoms with van der Waals surface area (Å²) in [5.41, 5.74) is 8.83. The molecule has 8 heteroatoms. The van der Waals surface area contributed by atoms with Crippen LogP contribution in [0.4, 0.5) is 10.5 Å². The van der Waals surface area contributed by atoms with Crippen molar-refractivity contribution in [1.82, 2.24) is 14.5 Å². The van der Waals surface area contributed by atoms with Crippen molar-refractivity contribution in [2.75, 3.05) is 5.32 Å². The van der Waals surface area contributed by atoms with Crippen LogP contribution < -0.4 is 10.0 Å². The van der Waals surface area contributed by atoms with Crippen molar-refractivity contribution >= 4 is 21.7 Å². The van der Waals surface area contributed by atoms with Crippen LogP contribution in [0.3, 0.4) is 0 Å². The Labute approximate surface area is 220 Å². The highest BCUT2D eigenvalue weighted by molar-refractivity contribution is 7.90. The van der Waals surface area contributed by atoms with E-state index in [1.165, 1.54) is 17.7 Å². The average Bonchev–Trinajstić information content (AvgIpc) is 3.46.